The van der Waals surface area contributed by atoms with Gasteiger partial charge in [0, 0.05) is 18.1 Å². The number of nitrogens with one attached hydrogen (secondary N) is 3. The van der Waals surface area contributed by atoms with Crippen molar-refractivity contribution in [2.75, 3.05) is 13.1 Å². The van der Waals surface area contributed by atoms with Crippen LogP contribution in [0.5, 0.6) is 0 Å². The fourth-order valence-electron chi connectivity index (χ4n) is 3.51. The number of amides is 2. The van der Waals surface area contributed by atoms with Crippen LogP contribution in [0.3, 0.4) is 0 Å². The molecule has 110 valence electrons. The van der Waals surface area contributed by atoms with Gasteiger partial charge >= 0.3 is 6.03 Å². The minimum Gasteiger partial charge on any atom is -0.338 e. The molecule has 1 aliphatic heterocycles. The highest BCUT2D eigenvalue weighted by Gasteiger charge is 2.37. The van der Waals surface area contributed by atoms with Gasteiger partial charge in [0.25, 0.3) is 0 Å². The average Bonchev–Trinajstić information content (AvgIpc) is 2.40. The highest BCUT2D eigenvalue weighted by Crippen LogP contribution is 2.34. The number of piperidine rings is 1. The number of urea groups is 1. The van der Waals surface area contributed by atoms with Crippen molar-refractivity contribution in [3.05, 3.63) is 0 Å². The van der Waals surface area contributed by atoms with Crippen molar-refractivity contribution < 1.29 is 4.79 Å². The van der Waals surface area contributed by atoms with Crippen LogP contribution >= 0.6 is 0 Å². The Labute approximate surface area is 117 Å². The maximum atomic E-state index is 11.8. The zero-order chi connectivity index (χ0) is 13.6. The quantitative estimate of drug-likeness (QED) is 0.686. The summed E-state index contributed by atoms with van der Waals surface area (Å²) in [7, 11) is 0. The molecule has 19 heavy (non-hydrogen) atoms. The van der Waals surface area contributed by atoms with E-state index in [1.807, 2.05) is 0 Å². The van der Waals surface area contributed by atoms with Crippen LogP contribution in [-0.2, 0) is 0 Å². The van der Waals surface area contributed by atoms with Crippen molar-refractivity contribution in [3.63, 3.8) is 0 Å². The molecule has 0 aromatic heterocycles. The second-order valence-corrected chi connectivity index (χ2v) is 6.21. The first-order valence-corrected chi connectivity index (χ1v) is 8.03. The van der Waals surface area contributed by atoms with Gasteiger partial charge in [-0.25, -0.2) is 4.79 Å². The molecule has 2 rings (SSSR count). The standard InChI is InChI=1S/C15H29N3O/c1-2-3-10-16-14(19)18-13-7-11-17-15(12-13)8-5-4-6-9-15/h13,17H,2-12H2,1H3,(H2,16,18,19). The smallest absolute Gasteiger partial charge is 0.315 e. The highest BCUT2D eigenvalue weighted by atomic mass is 16.2. The molecule has 1 heterocycles. The average molecular weight is 267 g/mol. The molecule has 0 aromatic carbocycles. The second kappa shape index (κ2) is 7.13. The summed E-state index contributed by atoms with van der Waals surface area (Å²) in [6, 6.07) is 0.368. The van der Waals surface area contributed by atoms with E-state index < -0.39 is 0 Å². The fourth-order valence-corrected chi connectivity index (χ4v) is 3.51. The highest BCUT2D eigenvalue weighted by molar-refractivity contribution is 5.74. The van der Waals surface area contributed by atoms with Gasteiger partial charge in [0.1, 0.15) is 0 Å². The number of hydrogen-bond acceptors (Lipinski definition) is 2. The van der Waals surface area contributed by atoms with Crippen LogP contribution < -0.4 is 16.0 Å². The van der Waals surface area contributed by atoms with Crippen LogP contribution in [-0.4, -0.2) is 30.7 Å². The molecule has 0 aromatic rings. The van der Waals surface area contributed by atoms with Gasteiger partial charge in [-0.1, -0.05) is 32.6 Å². The van der Waals surface area contributed by atoms with Crippen molar-refractivity contribution in [3.8, 4) is 0 Å². The lowest BCUT2D eigenvalue weighted by atomic mass is 9.75. The molecule has 1 saturated heterocycles. The van der Waals surface area contributed by atoms with E-state index in [0.717, 1.165) is 38.8 Å². The maximum Gasteiger partial charge on any atom is 0.315 e. The van der Waals surface area contributed by atoms with Gasteiger partial charge in [-0.3, -0.25) is 0 Å². The van der Waals surface area contributed by atoms with E-state index >= 15 is 0 Å². The summed E-state index contributed by atoms with van der Waals surface area (Å²) in [6.07, 6.45) is 11.0. The maximum absolute atomic E-state index is 11.8. The zero-order valence-corrected chi connectivity index (χ0v) is 12.3. The molecule has 1 unspecified atom stereocenters. The van der Waals surface area contributed by atoms with Gasteiger partial charge < -0.3 is 16.0 Å². The first kappa shape index (κ1) is 14.6. The van der Waals surface area contributed by atoms with Crippen molar-refractivity contribution in [1.82, 2.24) is 16.0 Å². The van der Waals surface area contributed by atoms with Gasteiger partial charge in [-0.15, -0.1) is 0 Å². The first-order valence-electron chi connectivity index (χ1n) is 8.03. The van der Waals surface area contributed by atoms with E-state index in [0.29, 0.717) is 11.6 Å². The van der Waals surface area contributed by atoms with Crippen molar-refractivity contribution >= 4 is 6.03 Å². The van der Waals surface area contributed by atoms with Crippen molar-refractivity contribution in [2.45, 2.75) is 76.3 Å². The Hall–Kier alpha value is -0.770. The number of hydrogen-bond donors (Lipinski definition) is 3. The summed E-state index contributed by atoms with van der Waals surface area (Å²) < 4.78 is 0. The van der Waals surface area contributed by atoms with E-state index in [1.54, 1.807) is 0 Å². The molecule has 2 aliphatic rings. The Balaban J connectivity index is 1.75. The van der Waals surface area contributed by atoms with Crippen LogP contribution in [0.1, 0.15) is 64.7 Å². The number of unbranched alkanes of at least 4 members (excludes halogenated alkanes) is 1. The Bertz CT molecular complexity index is 282. The second-order valence-electron chi connectivity index (χ2n) is 6.21. The monoisotopic (exact) mass is 267 g/mol. The Morgan fingerprint density at radius 2 is 2.11 bits per heavy atom. The van der Waals surface area contributed by atoms with Gasteiger partial charge in [0.15, 0.2) is 0 Å². The molecule has 1 saturated carbocycles. The molecule has 2 amide bonds. The summed E-state index contributed by atoms with van der Waals surface area (Å²) in [5, 5.41) is 9.83. The molecular weight excluding hydrogens is 238 g/mol. The summed E-state index contributed by atoms with van der Waals surface area (Å²) in [6.45, 7) is 3.97. The fraction of sp³-hybridized carbons (Fsp3) is 0.933. The van der Waals surface area contributed by atoms with Gasteiger partial charge in [0.05, 0.1) is 0 Å². The van der Waals surface area contributed by atoms with Gasteiger partial charge in [-0.05, 0) is 38.6 Å². The molecule has 2 fully saturated rings. The zero-order valence-electron chi connectivity index (χ0n) is 12.3. The Morgan fingerprint density at radius 1 is 1.32 bits per heavy atom. The Morgan fingerprint density at radius 3 is 2.84 bits per heavy atom. The molecule has 0 radical (unpaired) electrons. The van der Waals surface area contributed by atoms with Crippen LogP contribution in [0.4, 0.5) is 4.79 Å². The normalized spacial score (nSPS) is 26.1. The minimum atomic E-state index is 0.0197. The summed E-state index contributed by atoms with van der Waals surface area (Å²) in [5.41, 5.74) is 0.317. The molecule has 1 atom stereocenters. The van der Waals surface area contributed by atoms with Crippen molar-refractivity contribution in [2.24, 2.45) is 0 Å². The Kier molecular flexibility index (Phi) is 5.49. The number of rotatable bonds is 4. The van der Waals surface area contributed by atoms with Crippen LogP contribution in [0.15, 0.2) is 0 Å². The molecule has 1 aliphatic carbocycles. The summed E-state index contributed by atoms with van der Waals surface area (Å²) in [5.74, 6) is 0. The van der Waals surface area contributed by atoms with E-state index in [-0.39, 0.29) is 6.03 Å². The minimum absolute atomic E-state index is 0.0197. The first-order chi connectivity index (χ1) is 9.24. The third-order valence-electron chi connectivity index (χ3n) is 4.59. The third kappa shape index (κ3) is 4.37. The van der Waals surface area contributed by atoms with E-state index in [2.05, 4.69) is 22.9 Å². The topological polar surface area (TPSA) is 53.2 Å². The van der Waals surface area contributed by atoms with E-state index in [4.69, 9.17) is 0 Å². The van der Waals surface area contributed by atoms with E-state index in [9.17, 15) is 4.79 Å². The predicted molar refractivity (Wildman–Crippen MR) is 78.3 cm³/mol. The number of carbonyl (C=O) groups excluding carboxylic acids is 1. The lowest BCUT2D eigenvalue weighted by molar-refractivity contribution is 0.157. The van der Waals surface area contributed by atoms with Gasteiger partial charge in [-0.2, -0.15) is 0 Å². The number of carbonyl (C=O) groups is 1. The molecule has 0 bridgehead atoms. The lowest BCUT2D eigenvalue weighted by Gasteiger charge is -2.44. The molecule has 4 heteroatoms. The molecule has 1 spiro atoms. The van der Waals surface area contributed by atoms with Crippen molar-refractivity contribution in [1.29, 1.82) is 0 Å². The SMILES string of the molecule is CCCCNC(=O)NC1CCNC2(CCCCC2)C1. The lowest BCUT2D eigenvalue weighted by Crippen LogP contribution is -2.58. The summed E-state index contributed by atoms with van der Waals surface area (Å²) >= 11 is 0. The largest absolute Gasteiger partial charge is 0.338 e. The molecule has 3 N–H and O–H groups in total. The van der Waals surface area contributed by atoms with Crippen LogP contribution in [0, 0.1) is 0 Å². The van der Waals surface area contributed by atoms with E-state index in [1.165, 1.54) is 32.1 Å². The van der Waals surface area contributed by atoms with Crippen LogP contribution in [0.25, 0.3) is 0 Å². The van der Waals surface area contributed by atoms with Gasteiger partial charge in [0.2, 0.25) is 0 Å². The van der Waals surface area contributed by atoms with Crippen LogP contribution in [0.2, 0.25) is 0 Å². The third-order valence-corrected chi connectivity index (χ3v) is 4.59. The summed E-state index contributed by atoms with van der Waals surface area (Å²) in [4.78, 5) is 11.8. The predicted octanol–water partition coefficient (Wildman–Crippen LogP) is 2.54. The molecular formula is C15H29N3O. The molecule has 4 nitrogen and oxygen atoms in total.